The van der Waals surface area contributed by atoms with E-state index in [4.69, 9.17) is 10.5 Å². The second-order valence-corrected chi connectivity index (χ2v) is 4.87. The van der Waals surface area contributed by atoms with Crippen molar-refractivity contribution in [3.05, 3.63) is 0 Å². The third kappa shape index (κ3) is 2.94. The van der Waals surface area contributed by atoms with Crippen LogP contribution in [-0.2, 0) is 4.74 Å². The van der Waals surface area contributed by atoms with Crippen LogP contribution in [0.25, 0.3) is 0 Å². The molecule has 0 aromatic heterocycles. The minimum Gasteiger partial charge on any atom is -0.381 e. The molecule has 0 radical (unpaired) electrons. The van der Waals surface area contributed by atoms with E-state index in [1.54, 1.807) is 0 Å². The molecule has 0 unspecified atom stereocenters. The minimum absolute atomic E-state index is 0.379. The van der Waals surface area contributed by atoms with Gasteiger partial charge in [-0.15, -0.1) is 0 Å². The summed E-state index contributed by atoms with van der Waals surface area (Å²) in [6, 6.07) is 0. The number of ether oxygens (including phenoxy) is 1. The fourth-order valence-electron chi connectivity index (χ4n) is 2.22. The van der Waals surface area contributed by atoms with Crippen molar-refractivity contribution < 1.29 is 4.74 Å². The van der Waals surface area contributed by atoms with Crippen LogP contribution in [0, 0.1) is 11.3 Å². The summed E-state index contributed by atoms with van der Waals surface area (Å²) in [7, 11) is 0. The van der Waals surface area contributed by atoms with Gasteiger partial charge >= 0.3 is 0 Å². The molecule has 0 saturated carbocycles. The number of hydrogen-bond donors (Lipinski definition) is 1. The van der Waals surface area contributed by atoms with E-state index >= 15 is 0 Å². The minimum atomic E-state index is 0.379. The summed E-state index contributed by atoms with van der Waals surface area (Å²) in [6.07, 6.45) is 0. The van der Waals surface area contributed by atoms with Crippen LogP contribution in [-0.4, -0.2) is 44.3 Å². The van der Waals surface area contributed by atoms with Gasteiger partial charge in [-0.2, -0.15) is 0 Å². The van der Waals surface area contributed by atoms with Gasteiger partial charge in [0.05, 0.1) is 6.61 Å². The molecular weight excluding hydrogens is 176 g/mol. The first-order valence-corrected chi connectivity index (χ1v) is 5.60. The van der Waals surface area contributed by atoms with Gasteiger partial charge in [-0.25, -0.2) is 0 Å². The molecule has 14 heavy (non-hydrogen) atoms. The lowest BCUT2D eigenvalue weighted by molar-refractivity contribution is 0.0797. The monoisotopic (exact) mass is 200 g/mol. The number of likely N-dealkylation sites (tertiary alicyclic amines) is 1. The first kappa shape index (κ1) is 12.0. The normalized spacial score (nSPS) is 27.0. The zero-order valence-electron chi connectivity index (χ0n) is 9.75. The predicted octanol–water partition coefficient (Wildman–Crippen LogP) is 0.940. The zero-order valence-corrected chi connectivity index (χ0v) is 9.75. The van der Waals surface area contributed by atoms with Crippen LogP contribution >= 0.6 is 0 Å². The highest BCUT2D eigenvalue weighted by Gasteiger charge is 2.38. The van der Waals surface area contributed by atoms with Crippen molar-refractivity contribution in [2.45, 2.75) is 20.8 Å². The maximum atomic E-state index is 5.57. The molecule has 1 fully saturated rings. The third-order valence-corrected chi connectivity index (χ3v) is 3.18. The topological polar surface area (TPSA) is 38.5 Å². The predicted molar refractivity (Wildman–Crippen MR) is 59.3 cm³/mol. The van der Waals surface area contributed by atoms with Crippen LogP contribution in [0.5, 0.6) is 0 Å². The highest BCUT2D eigenvalue weighted by Crippen LogP contribution is 2.34. The molecule has 2 N–H and O–H groups in total. The Morgan fingerprint density at radius 3 is 2.79 bits per heavy atom. The third-order valence-electron chi connectivity index (χ3n) is 3.18. The molecule has 0 aromatic rings. The summed E-state index contributed by atoms with van der Waals surface area (Å²) in [5.41, 5.74) is 5.95. The van der Waals surface area contributed by atoms with E-state index in [9.17, 15) is 0 Å². The quantitative estimate of drug-likeness (QED) is 0.718. The Kier molecular flexibility index (Phi) is 4.35. The molecule has 84 valence electrons. The number of rotatable bonds is 5. The van der Waals surface area contributed by atoms with Crippen molar-refractivity contribution in [1.29, 1.82) is 0 Å². The lowest BCUT2D eigenvalue weighted by Crippen LogP contribution is -2.28. The van der Waals surface area contributed by atoms with Gasteiger partial charge in [0, 0.05) is 38.7 Å². The van der Waals surface area contributed by atoms with E-state index in [-0.39, 0.29) is 0 Å². The first-order valence-electron chi connectivity index (χ1n) is 5.60. The summed E-state index contributed by atoms with van der Waals surface area (Å²) in [5, 5.41) is 0. The Hall–Kier alpha value is -0.120. The van der Waals surface area contributed by atoms with Gasteiger partial charge in [0.25, 0.3) is 0 Å². The molecule has 3 nitrogen and oxygen atoms in total. The summed E-state index contributed by atoms with van der Waals surface area (Å²) in [6.45, 7) is 12.5. The second-order valence-electron chi connectivity index (χ2n) is 4.87. The highest BCUT2D eigenvalue weighted by atomic mass is 16.5. The molecule has 1 aliphatic heterocycles. The van der Waals surface area contributed by atoms with Crippen molar-refractivity contribution in [3.63, 3.8) is 0 Å². The van der Waals surface area contributed by atoms with Gasteiger partial charge in [-0.05, 0) is 12.3 Å². The Labute approximate surface area is 87.6 Å². The summed E-state index contributed by atoms with van der Waals surface area (Å²) >= 11 is 0. The van der Waals surface area contributed by atoms with E-state index in [1.165, 1.54) is 0 Å². The van der Waals surface area contributed by atoms with Crippen molar-refractivity contribution >= 4 is 0 Å². The van der Waals surface area contributed by atoms with Crippen molar-refractivity contribution in [2.75, 3.05) is 39.4 Å². The average Bonchev–Trinajstić information content (AvgIpc) is 2.38. The van der Waals surface area contributed by atoms with Gasteiger partial charge in [0.1, 0.15) is 0 Å². The number of nitrogens with zero attached hydrogens (tertiary/aromatic N) is 1. The number of nitrogens with two attached hydrogens (primary N) is 1. The molecule has 0 amide bonds. The fourth-order valence-corrected chi connectivity index (χ4v) is 2.22. The summed E-state index contributed by atoms with van der Waals surface area (Å²) in [4.78, 5) is 2.45. The van der Waals surface area contributed by atoms with E-state index in [1.807, 2.05) is 0 Å². The number of hydrogen-bond acceptors (Lipinski definition) is 3. The van der Waals surface area contributed by atoms with Crippen molar-refractivity contribution in [3.8, 4) is 0 Å². The lowest BCUT2D eigenvalue weighted by atomic mass is 9.83. The van der Waals surface area contributed by atoms with Crippen LogP contribution in [0.15, 0.2) is 0 Å². The molecule has 1 heterocycles. The smallest absolute Gasteiger partial charge is 0.0511 e. The first-order chi connectivity index (χ1) is 6.60. The molecule has 0 aromatic carbocycles. The Bertz CT molecular complexity index is 171. The summed E-state index contributed by atoms with van der Waals surface area (Å²) in [5.74, 6) is 0.661. The maximum absolute atomic E-state index is 5.57. The van der Waals surface area contributed by atoms with Crippen LogP contribution in [0.4, 0.5) is 0 Å². The Balaban J connectivity index is 2.42. The molecule has 1 saturated heterocycles. The van der Waals surface area contributed by atoms with Crippen LogP contribution in [0.3, 0.4) is 0 Å². The molecule has 0 spiro atoms. The molecule has 3 heteroatoms. The van der Waals surface area contributed by atoms with Gasteiger partial charge < -0.3 is 15.4 Å². The molecular formula is C11H24N2O. The van der Waals surface area contributed by atoms with Crippen molar-refractivity contribution in [2.24, 2.45) is 17.1 Å². The van der Waals surface area contributed by atoms with Gasteiger partial charge in [-0.3, -0.25) is 0 Å². The SMILES string of the molecule is CCOC[C@H]1CN(CCN)CC1(C)C. The van der Waals surface area contributed by atoms with Gasteiger partial charge in [0.15, 0.2) is 0 Å². The largest absolute Gasteiger partial charge is 0.381 e. The molecule has 0 aliphatic carbocycles. The van der Waals surface area contributed by atoms with E-state index in [2.05, 4.69) is 25.7 Å². The van der Waals surface area contributed by atoms with Gasteiger partial charge in [0.2, 0.25) is 0 Å². The van der Waals surface area contributed by atoms with Gasteiger partial charge in [-0.1, -0.05) is 13.8 Å². The lowest BCUT2D eigenvalue weighted by Gasteiger charge is -2.25. The Morgan fingerprint density at radius 2 is 2.21 bits per heavy atom. The molecule has 1 aliphatic rings. The standard InChI is InChI=1S/C11H24N2O/c1-4-14-8-10-7-13(6-5-12)9-11(10,2)3/h10H,4-9,12H2,1-3H3/t10-/m1/s1. The van der Waals surface area contributed by atoms with E-state index in [0.717, 1.165) is 39.4 Å². The zero-order chi connectivity index (χ0) is 10.6. The molecule has 1 atom stereocenters. The van der Waals surface area contributed by atoms with Crippen molar-refractivity contribution in [1.82, 2.24) is 4.90 Å². The van der Waals surface area contributed by atoms with Crippen LogP contribution < -0.4 is 5.73 Å². The summed E-state index contributed by atoms with van der Waals surface area (Å²) < 4.78 is 5.52. The Morgan fingerprint density at radius 1 is 1.50 bits per heavy atom. The van der Waals surface area contributed by atoms with E-state index < -0.39 is 0 Å². The maximum Gasteiger partial charge on any atom is 0.0511 e. The average molecular weight is 200 g/mol. The molecule has 0 bridgehead atoms. The van der Waals surface area contributed by atoms with Crippen LogP contribution in [0.1, 0.15) is 20.8 Å². The van der Waals surface area contributed by atoms with E-state index in [0.29, 0.717) is 11.3 Å². The van der Waals surface area contributed by atoms with Crippen LogP contribution in [0.2, 0.25) is 0 Å². The molecule has 1 rings (SSSR count). The highest BCUT2D eigenvalue weighted by molar-refractivity contribution is 4.90. The second kappa shape index (κ2) is 5.10. The fraction of sp³-hybridized carbons (Fsp3) is 1.00.